The molecule has 28 heavy (non-hydrogen) atoms. The summed E-state index contributed by atoms with van der Waals surface area (Å²) in [5.41, 5.74) is 1.25. The Hall–Kier alpha value is -1.79. The van der Waals surface area contributed by atoms with Crippen LogP contribution in [0.15, 0.2) is 18.2 Å². The smallest absolute Gasteiger partial charge is 0.237 e. The first-order chi connectivity index (χ1) is 13.6. The number of fused-ring (bicyclic) bond motifs is 1. The summed E-state index contributed by atoms with van der Waals surface area (Å²) in [6.45, 7) is 9.36. The van der Waals surface area contributed by atoms with Gasteiger partial charge in [-0.2, -0.15) is 0 Å². The maximum Gasteiger partial charge on any atom is 0.237 e. The van der Waals surface area contributed by atoms with Crippen LogP contribution >= 0.6 is 0 Å². The first-order valence-corrected chi connectivity index (χ1v) is 10.8. The number of carbonyl (C=O) groups is 1. The minimum Gasteiger partial charge on any atom is -0.454 e. The van der Waals surface area contributed by atoms with Crippen LogP contribution in [-0.4, -0.2) is 60.8 Å². The Kier molecular flexibility index (Phi) is 6.07. The molecule has 0 unspecified atom stereocenters. The van der Waals surface area contributed by atoms with E-state index in [1.54, 1.807) is 0 Å². The van der Waals surface area contributed by atoms with E-state index in [4.69, 9.17) is 9.47 Å². The number of amides is 1. The average Bonchev–Trinajstić information content (AvgIpc) is 3.17. The zero-order valence-electron chi connectivity index (χ0n) is 17.2. The molecule has 4 rings (SSSR count). The van der Waals surface area contributed by atoms with Gasteiger partial charge in [-0.15, -0.1) is 0 Å². The number of piperazine rings is 1. The average molecular weight is 388 g/mol. The highest BCUT2D eigenvalue weighted by Crippen LogP contribution is 2.33. The van der Waals surface area contributed by atoms with Gasteiger partial charge in [-0.05, 0) is 43.4 Å². The number of nitrogens with zero attached hydrogens (tertiary/aromatic N) is 2. The number of carbonyl (C=O) groups excluding carboxylic acids is 1. The summed E-state index contributed by atoms with van der Waals surface area (Å²) in [6.07, 6.45) is 4.90. The molecule has 0 bridgehead atoms. The van der Waals surface area contributed by atoms with Gasteiger partial charge in [-0.3, -0.25) is 14.6 Å². The molecule has 2 aliphatic heterocycles. The van der Waals surface area contributed by atoms with Crippen molar-refractivity contribution in [2.24, 2.45) is 5.92 Å². The fourth-order valence-corrected chi connectivity index (χ4v) is 4.61. The third-order valence-electron chi connectivity index (χ3n) is 6.62. The Labute approximate surface area is 168 Å². The standard InChI is InChI=1S/C22H33N3O3/c1-16-5-3-4-6-19(16)23-22(26)17(2)25-11-9-24(10-12-25)14-18-7-8-20-21(13-18)28-15-27-20/h7-8,13,16-17,19H,3-6,9-12,14-15H2,1-2H3,(H,23,26)/t16-,17+,19-/m0/s1. The molecule has 1 saturated heterocycles. The molecule has 0 aromatic heterocycles. The van der Waals surface area contributed by atoms with E-state index in [-0.39, 0.29) is 11.9 Å². The van der Waals surface area contributed by atoms with E-state index in [0.29, 0.717) is 18.8 Å². The van der Waals surface area contributed by atoms with Crippen LogP contribution in [0.1, 0.15) is 45.1 Å². The van der Waals surface area contributed by atoms with Crippen LogP contribution < -0.4 is 14.8 Å². The van der Waals surface area contributed by atoms with Gasteiger partial charge < -0.3 is 14.8 Å². The normalized spacial score (nSPS) is 26.8. The van der Waals surface area contributed by atoms with Gasteiger partial charge in [-0.1, -0.05) is 25.8 Å². The van der Waals surface area contributed by atoms with Gasteiger partial charge in [-0.25, -0.2) is 0 Å². The number of nitrogens with one attached hydrogen (secondary N) is 1. The second kappa shape index (κ2) is 8.70. The van der Waals surface area contributed by atoms with Gasteiger partial charge in [0.25, 0.3) is 0 Å². The van der Waals surface area contributed by atoms with Crippen molar-refractivity contribution in [3.63, 3.8) is 0 Å². The van der Waals surface area contributed by atoms with E-state index < -0.39 is 0 Å². The topological polar surface area (TPSA) is 54.0 Å². The highest BCUT2D eigenvalue weighted by molar-refractivity contribution is 5.81. The predicted octanol–water partition coefficient (Wildman–Crippen LogP) is 2.62. The van der Waals surface area contributed by atoms with Crippen LogP contribution in [0.5, 0.6) is 11.5 Å². The van der Waals surface area contributed by atoms with E-state index in [2.05, 4.69) is 41.1 Å². The minimum absolute atomic E-state index is 0.0539. The van der Waals surface area contributed by atoms with Crippen molar-refractivity contribution in [1.82, 2.24) is 15.1 Å². The largest absolute Gasteiger partial charge is 0.454 e. The summed E-state index contributed by atoms with van der Waals surface area (Å²) < 4.78 is 10.9. The van der Waals surface area contributed by atoms with E-state index in [1.165, 1.54) is 24.8 Å². The van der Waals surface area contributed by atoms with Crippen molar-refractivity contribution in [2.45, 2.75) is 58.2 Å². The van der Waals surface area contributed by atoms with Crippen LogP contribution in [0.3, 0.4) is 0 Å². The van der Waals surface area contributed by atoms with Gasteiger partial charge in [0.05, 0.1) is 6.04 Å². The predicted molar refractivity (Wildman–Crippen MR) is 108 cm³/mol. The maximum absolute atomic E-state index is 12.7. The van der Waals surface area contributed by atoms with Crippen molar-refractivity contribution in [3.8, 4) is 11.5 Å². The number of benzene rings is 1. The quantitative estimate of drug-likeness (QED) is 0.842. The SMILES string of the molecule is C[C@H](C(=O)N[C@H]1CCCC[C@@H]1C)N1CCN(Cc2ccc3c(c2)OCO3)CC1. The lowest BCUT2D eigenvalue weighted by Gasteiger charge is -2.38. The summed E-state index contributed by atoms with van der Waals surface area (Å²) >= 11 is 0. The molecule has 154 valence electrons. The molecule has 0 radical (unpaired) electrons. The van der Waals surface area contributed by atoms with Crippen molar-refractivity contribution < 1.29 is 14.3 Å². The van der Waals surface area contributed by atoms with Crippen molar-refractivity contribution in [1.29, 1.82) is 0 Å². The Morgan fingerprint density at radius 1 is 1.14 bits per heavy atom. The molecule has 6 nitrogen and oxygen atoms in total. The molecule has 2 heterocycles. The molecular formula is C22H33N3O3. The molecular weight excluding hydrogens is 354 g/mol. The van der Waals surface area contributed by atoms with Gasteiger partial charge in [0.2, 0.25) is 12.7 Å². The number of hydrogen-bond donors (Lipinski definition) is 1. The second-order valence-electron chi connectivity index (χ2n) is 8.55. The molecule has 0 spiro atoms. The van der Waals surface area contributed by atoms with Crippen LogP contribution in [-0.2, 0) is 11.3 Å². The molecule has 1 amide bonds. The zero-order chi connectivity index (χ0) is 19.5. The lowest BCUT2D eigenvalue weighted by atomic mass is 9.86. The first kappa shape index (κ1) is 19.5. The second-order valence-corrected chi connectivity index (χ2v) is 8.55. The van der Waals surface area contributed by atoms with Gasteiger partial charge in [0.1, 0.15) is 0 Å². The molecule has 6 heteroatoms. The molecule has 1 aromatic carbocycles. The summed E-state index contributed by atoms with van der Waals surface area (Å²) in [7, 11) is 0. The Morgan fingerprint density at radius 3 is 2.68 bits per heavy atom. The van der Waals surface area contributed by atoms with Crippen molar-refractivity contribution in [3.05, 3.63) is 23.8 Å². The Bertz CT molecular complexity index is 688. The summed E-state index contributed by atoms with van der Waals surface area (Å²) in [6, 6.07) is 6.49. The monoisotopic (exact) mass is 387 g/mol. The van der Waals surface area contributed by atoms with Crippen molar-refractivity contribution >= 4 is 5.91 Å². The van der Waals surface area contributed by atoms with Gasteiger partial charge >= 0.3 is 0 Å². The zero-order valence-corrected chi connectivity index (χ0v) is 17.2. The Balaban J connectivity index is 1.24. The molecule has 1 saturated carbocycles. The van der Waals surface area contributed by atoms with E-state index in [0.717, 1.165) is 50.6 Å². The molecule has 3 aliphatic rings. The summed E-state index contributed by atoms with van der Waals surface area (Å²) in [4.78, 5) is 17.5. The number of rotatable bonds is 5. The fourth-order valence-electron chi connectivity index (χ4n) is 4.61. The lowest BCUT2D eigenvalue weighted by molar-refractivity contribution is -0.127. The molecule has 3 atom stereocenters. The van der Waals surface area contributed by atoms with E-state index >= 15 is 0 Å². The lowest BCUT2D eigenvalue weighted by Crippen LogP contribution is -2.55. The minimum atomic E-state index is -0.0539. The summed E-state index contributed by atoms with van der Waals surface area (Å²) in [5.74, 6) is 2.48. The van der Waals surface area contributed by atoms with E-state index in [9.17, 15) is 4.79 Å². The molecule has 2 fully saturated rings. The highest BCUT2D eigenvalue weighted by atomic mass is 16.7. The highest BCUT2D eigenvalue weighted by Gasteiger charge is 2.29. The van der Waals surface area contributed by atoms with Crippen LogP contribution in [0.4, 0.5) is 0 Å². The third-order valence-corrected chi connectivity index (χ3v) is 6.62. The maximum atomic E-state index is 12.7. The molecule has 1 aliphatic carbocycles. The van der Waals surface area contributed by atoms with Crippen LogP contribution in [0, 0.1) is 5.92 Å². The molecule has 1 aromatic rings. The number of hydrogen-bond acceptors (Lipinski definition) is 5. The van der Waals surface area contributed by atoms with Crippen LogP contribution in [0.25, 0.3) is 0 Å². The van der Waals surface area contributed by atoms with Crippen molar-refractivity contribution in [2.75, 3.05) is 33.0 Å². The first-order valence-electron chi connectivity index (χ1n) is 10.8. The van der Waals surface area contributed by atoms with Gasteiger partial charge in [0.15, 0.2) is 11.5 Å². The fraction of sp³-hybridized carbons (Fsp3) is 0.682. The van der Waals surface area contributed by atoms with E-state index in [1.807, 2.05) is 6.07 Å². The van der Waals surface area contributed by atoms with Crippen LogP contribution in [0.2, 0.25) is 0 Å². The number of ether oxygens (including phenoxy) is 2. The Morgan fingerprint density at radius 2 is 1.89 bits per heavy atom. The summed E-state index contributed by atoms with van der Waals surface area (Å²) in [5, 5.41) is 3.32. The van der Waals surface area contributed by atoms with Gasteiger partial charge in [0, 0.05) is 38.8 Å². The third kappa shape index (κ3) is 4.44. The molecule has 1 N–H and O–H groups in total.